The third-order valence-corrected chi connectivity index (χ3v) is 2.04. The number of aryl methyl sites for hydroxylation is 1. The predicted molar refractivity (Wildman–Crippen MR) is 61.3 cm³/mol. The number of rotatable bonds is 4. The Morgan fingerprint density at radius 2 is 2.13 bits per heavy atom. The second-order valence-corrected chi connectivity index (χ2v) is 3.30. The van der Waals surface area contributed by atoms with Gasteiger partial charge in [0, 0.05) is 12.2 Å². The molecule has 0 saturated heterocycles. The molecule has 1 aromatic rings. The van der Waals surface area contributed by atoms with Gasteiger partial charge in [-0.2, -0.15) is 0 Å². The average Bonchev–Trinajstić information content (AvgIpc) is 2.21. The molecule has 0 saturated carbocycles. The number of hydrogen-bond acceptors (Lipinski definition) is 3. The molecule has 0 aliphatic heterocycles. The molecule has 0 aliphatic rings. The highest BCUT2D eigenvalue weighted by Crippen LogP contribution is 2.18. The zero-order valence-corrected chi connectivity index (χ0v) is 9.46. The third-order valence-electron chi connectivity index (χ3n) is 2.04. The molecular weight excluding hydrogens is 190 g/mol. The van der Waals surface area contributed by atoms with Crippen molar-refractivity contribution in [3.8, 4) is 0 Å². The zero-order valence-electron chi connectivity index (χ0n) is 9.46. The lowest BCUT2D eigenvalue weighted by atomic mass is 10.1. The smallest absolute Gasteiger partial charge is 0.340 e. The first-order valence-electron chi connectivity index (χ1n) is 5.20. The van der Waals surface area contributed by atoms with Crippen LogP contribution in [0.15, 0.2) is 18.2 Å². The summed E-state index contributed by atoms with van der Waals surface area (Å²) in [7, 11) is 0. The van der Waals surface area contributed by atoms with Crippen molar-refractivity contribution >= 4 is 11.7 Å². The Kier molecular flexibility index (Phi) is 4.16. The van der Waals surface area contributed by atoms with Gasteiger partial charge in [0.1, 0.15) is 0 Å². The summed E-state index contributed by atoms with van der Waals surface area (Å²) in [5.41, 5.74) is 2.50. The lowest BCUT2D eigenvalue weighted by Gasteiger charge is -2.10. The van der Waals surface area contributed by atoms with Crippen LogP contribution < -0.4 is 5.32 Å². The van der Waals surface area contributed by atoms with E-state index in [2.05, 4.69) is 5.32 Å². The van der Waals surface area contributed by atoms with E-state index in [0.29, 0.717) is 12.2 Å². The van der Waals surface area contributed by atoms with E-state index in [-0.39, 0.29) is 5.97 Å². The summed E-state index contributed by atoms with van der Waals surface area (Å²) < 4.78 is 4.99. The molecule has 15 heavy (non-hydrogen) atoms. The number of carbonyl (C=O) groups is 1. The SMILES string of the molecule is CCNc1ccc(C)cc1C(=O)OCC. The maximum atomic E-state index is 11.6. The summed E-state index contributed by atoms with van der Waals surface area (Å²) in [5, 5.41) is 3.14. The van der Waals surface area contributed by atoms with Crippen molar-refractivity contribution in [3.05, 3.63) is 29.3 Å². The number of ether oxygens (including phenoxy) is 1. The molecule has 3 nitrogen and oxygen atoms in total. The molecular formula is C12H17NO2. The number of esters is 1. The second-order valence-electron chi connectivity index (χ2n) is 3.30. The lowest BCUT2D eigenvalue weighted by Crippen LogP contribution is -2.09. The van der Waals surface area contributed by atoms with Gasteiger partial charge in [0.2, 0.25) is 0 Å². The first-order valence-corrected chi connectivity index (χ1v) is 5.20. The molecule has 0 radical (unpaired) electrons. The molecule has 1 aromatic carbocycles. The topological polar surface area (TPSA) is 38.3 Å². The Balaban J connectivity index is 3.00. The fourth-order valence-electron chi connectivity index (χ4n) is 1.38. The van der Waals surface area contributed by atoms with Crippen molar-refractivity contribution in [2.45, 2.75) is 20.8 Å². The number of benzene rings is 1. The number of carbonyl (C=O) groups excluding carboxylic acids is 1. The first kappa shape index (κ1) is 11.6. The summed E-state index contributed by atoms with van der Waals surface area (Å²) in [6, 6.07) is 5.72. The van der Waals surface area contributed by atoms with Crippen LogP contribution in [0.2, 0.25) is 0 Å². The van der Waals surface area contributed by atoms with Crippen LogP contribution >= 0.6 is 0 Å². The summed E-state index contributed by atoms with van der Waals surface area (Å²) in [6.07, 6.45) is 0. The molecule has 3 heteroatoms. The Hall–Kier alpha value is -1.51. The third kappa shape index (κ3) is 2.98. The predicted octanol–water partition coefficient (Wildman–Crippen LogP) is 2.60. The van der Waals surface area contributed by atoms with Crippen LogP contribution in [0, 0.1) is 6.92 Å². The summed E-state index contributed by atoms with van der Waals surface area (Å²) >= 11 is 0. The molecule has 0 bridgehead atoms. The van der Waals surface area contributed by atoms with Gasteiger partial charge >= 0.3 is 5.97 Å². The maximum absolute atomic E-state index is 11.6. The van der Waals surface area contributed by atoms with Crippen LogP contribution in [0.3, 0.4) is 0 Å². The van der Waals surface area contributed by atoms with Crippen LogP contribution in [0.25, 0.3) is 0 Å². The average molecular weight is 207 g/mol. The van der Waals surface area contributed by atoms with Gasteiger partial charge in [-0.3, -0.25) is 0 Å². The highest BCUT2D eigenvalue weighted by atomic mass is 16.5. The minimum absolute atomic E-state index is 0.267. The normalized spacial score (nSPS) is 9.80. The van der Waals surface area contributed by atoms with Crippen molar-refractivity contribution in [3.63, 3.8) is 0 Å². The quantitative estimate of drug-likeness (QED) is 0.771. The largest absolute Gasteiger partial charge is 0.462 e. The maximum Gasteiger partial charge on any atom is 0.340 e. The Labute approximate surface area is 90.4 Å². The molecule has 0 atom stereocenters. The molecule has 1 rings (SSSR count). The Bertz CT molecular complexity index is 347. The summed E-state index contributed by atoms with van der Waals surface area (Å²) in [6.45, 7) is 6.95. The molecule has 0 heterocycles. The highest BCUT2D eigenvalue weighted by molar-refractivity contribution is 5.95. The van der Waals surface area contributed by atoms with Gasteiger partial charge in [-0.1, -0.05) is 11.6 Å². The molecule has 0 amide bonds. The van der Waals surface area contributed by atoms with Gasteiger partial charge < -0.3 is 10.1 Å². The number of anilines is 1. The molecule has 0 aliphatic carbocycles. The zero-order chi connectivity index (χ0) is 11.3. The molecule has 1 N–H and O–H groups in total. The van der Waals surface area contributed by atoms with Gasteiger partial charge in [0.05, 0.1) is 12.2 Å². The van der Waals surface area contributed by atoms with E-state index in [0.717, 1.165) is 17.8 Å². The van der Waals surface area contributed by atoms with Crippen LogP contribution in [-0.2, 0) is 4.74 Å². The van der Waals surface area contributed by atoms with Crippen molar-refractivity contribution in [2.75, 3.05) is 18.5 Å². The van der Waals surface area contributed by atoms with E-state index in [4.69, 9.17) is 4.74 Å². The van der Waals surface area contributed by atoms with Crippen molar-refractivity contribution in [1.82, 2.24) is 0 Å². The molecule has 82 valence electrons. The Morgan fingerprint density at radius 3 is 2.73 bits per heavy atom. The monoisotopic (exact) mass is 207 g/mol. The highest BCUT2D eigenvalue weighted by Gasteiger charge is 2.11. The van der Waals surface area contributed by atoms with Gasteiger partial charge in [-0.15, -0.1) is 0 Å². The van der Waals surface area contributed by atoms with E-state index in [9.17, 15) is 4.79 Å². The Morgan fingerprint density at radius 1 is 1.40 bits per heavy atom. The van der Waals surface area contributed by atoms with Crippen molar-refractivity contribution < 1.29 is 9.53 Å². The van der Waals surface area contributed by atoms with E-state index in [1.54, 1.807) is 6.92 Å². The van der Waals surface area contributed by atoms with Crippen molar-refractivity contribution in [2.24, 2.45) is 0 Å². The fourth-order valence-corrected chi connectivity index (χ4v) is 1.38. The summed E-state index contributed by atoms with van der Waals surface area (Å²) in [5.74, 6) is -0.267. The molecule has 0 unspecified atom stereocenters. The van der Waals surface area contributed by atoms with Crippen LogP contribution in [-0.4, -0.2) is 19.1 Å². The minimum Gasteiger partial charge on any atom is -0.462 e. The van der Waals surface area contributed by atoms with E-state index < -0.39 is 0 Å². The number of hydrogen-bond donors (Lipinski definition) is 1. The van der Waals surface area contributed by atoms with Crippen LogP contribution in [0.4, 0.5) is 5.69 Å². The van der Waals surface area contributed by atoms with Crippen LogP contribution in [0.1, 0.15) is 29.8 Å². The lowest BCUT2D eigenvalue weighted by molar-refractivity contribution is 0.0527. The van der Waals surface area contributed by atoms with Gasteiger partial charge in [0.15, 0.2) is 0 Å². The fraction of sp³-hybridized carbons (Fsp3) is 0.417. The van der Waals surface area contributed by atoms with E-state index in [1.807, 2.05) is 32.0 Å². The standard InChI is InChI=1S/C12H17NO2/c1-4-13-11-7-6-9(3)8-10(11)12(14)15-5-2/h6-8,13H,4-5H2,1-3H3. The van der Waals surface area contributed by atoms with Crippen molar-refractivity contribution in [1.29, 1.82) is 0 Å². The molecule has 0 spiro atoms. The van der Waals surface area contributed by atoms with E-state index in [1.165, 1.54) is 0 Å². The van der Waals surface area contributed by atoms with Crippen LogP contribution in [0.5, 0.6) is 0 Å². The minimum atomic E-state index is -0.267. The summed E-state index contributed by atoms with van der Waals surface area (Å²) in [4.78, 5) is 11.6. The second kappa shape index (κ2) is 5.39. The van der Waals surface area contributed by atoms with E-state index >= 15 is 0 Å². The number of nitrogens with one attached hydrogen (secondary N) is 1. The first-order chi connectivity index (χ1) is 7.19. The molecule has 0 fully saturated rings. The van der Waals surface area contributed by atoms with Gasteiger partial charge in [-0.05, 0) is 32.9 Å². The molecule has 0 aromatic heterocycles. The van der Waals surface area contributed by atoms with Gasteiger partial charge in [0.25, 0.3) is 0 Å². The van der Waals surface area contributed by atoms with Gasteiger partial charge in [-0.25, -0.2) is 4.79 Å².